The molecule has 0 radical (unpaired) electrons. The third-order valence-corrected chi connectivity index (χ3v) is 4.72. The number of fused-ring (bicyclic) bond motifs is 1. The second-order valence-corrected chi connectivity index (χ2v) is 6.25. The standard InChI is InChI=1S/C12H14BrN3S/c13-9-2-1-3-10-12(9)16-11(15-10)6-8-7-17-5-4-14-8/h1-3,8,14H,4-7H2,(H,15,16). The Morgan fingerprint density at radius 1 is 1.47 bits per heavy atom. The maximum absolute atomic E-state index is 4.65. The highest BCUT2D eigenvalue weighted by molar-refractivity contribution is 9.10. The van der Waals surface area contributed by atoms with E-state index in [0.717, 1.165) is 34.3 Å². The lowest BCUT2D eigenvalue weighted by Crippen LogP contribution is -2.39. The Labute approximate surface area is 113 Å². The number of thioether (sulfide) groups is 1. The first-order valence-corrected chi connectivity index (χ1v) is 7.72. The Hall–Kier alpha value is -0.520. The molecule has 1 atom stereocenters. The third-order valence-electron chi connectivity index (χ3n) is 2.95. The second-order valence-electron chi connectivity index (χ2n) is 4.25. The van der Waals surface area contributed by atoms with Crippen LogP contribution in [0.25, 0.3) is 11.0 Å². The molecule has 2 N–H and O–H groups in total. The SMILES string of the molecule is Brc1cccc2[nH]c(CC3CSCCN3)nc12. The number of aromatic nitrogens is 2. The minimum absolute atomic E-state index is 0.549. The molecule has 3 nitrogen and oxygen atoms in total. The van der Waals surface area contributed by atoms with E-state index in [1.807, 2.05) is 23.9 Å². The van der Waals surface area contributed by atoms with Crippen LogP contribution >= 0.6 is 27.7 Å². The van der Waals surface area contributed by atoms with Crippen molar-refractivity contribution in [1.82, 2.24) is 15.3 Å². The van der Waals surface area contributed by atoms with E-state index in [1.54, 1.807) is 0 Å². The number of hydrogen-bond acceptors (Lipinski definition) is 3. The van der Waals surface area contributed by atoms with Crippen molar-refractivity contribution in [2.75, 3.05) is 18.1 Å². The molecule has 0 amide bonds. The summed E-state index contributed by atoms with van der Waals surface area (Å²) < 4.78 is 1.06. The predicted molar refractivity (Wildman–Crippen MR) is 76.6 cm³/mol. The summed E-state index contributed by atoms with van der Waals surface area (Å²) in [5, 5.41) is 3.53. The third kappa shape index (κ3) is 2.51. The van der Waals surface area contributed by atoms with Crippen molar-refractivity contribution in [2.24, 2.45) is 0 Å². The van der Waals surface area contributed by atoms with Gasteiger partial charge in [0.2, 0.25) is 0 Å². The van der Waals surface area contributed by atoms with Crippen molar-refractivity contribution >= 4 is 38.7 Å². The van der Waals surface area contributed by atoms with Crippen LogP contribution in [0.3, 0.4) is 0 Å². The summed E-state index contributed by atoms with van der Waals surface area (Å²) in [4.78, 5) is 8.05. The van der Waals surface area contributed by atoms with Crippen molar-refractivity contribution < 1.29 is 0 Å². The molecule has 1 aliphatic heterocycles. The molecule has 1 fully saturated rings. The molecule has 90 valence electrons. The number of imidazole rings is 1. The molecule has 1 aliphatic rings. The normalized spacial score (nSPS) is 20.9. The van der Waals surface area contributed by atoms with E-state index in [4.69, 9.17) is 0 Å². The van der Waals surface area contributed by atoms with Gasteiger partial charge in [-0.25, -0.2) is 4.98 Å². The van der Waals surface area contributed by atoms with E-state index in [1.165, 1.54) is 11.5 Å². The summed E-state index contributed by atoms with van der Waals surface area (Å²) in [6, 6.07) is 6.68. The van der Waals surface area contributed by atoms with Crippen molar-refractivity contribution in [3.05, 3.63) is 28.5 Å². The van der Waals surface area contributed by atoms with Gasteiger partial charge in [0.05, 0.1) is 5.52 Å². The van der Waals surface area contributed by atoms with Gasteiger partial charge in [-0.05, 0) is 28.1 Å². The summed E-state index contributed by atoms with van der Waals surface area (Å²) in [7, 11) is 0. The fourth-order valence-corrected chi connectivity index (χ4v) is 3.53. The molecule has 1 saturated heterocycles. The Kier molecular flexibility index (Phi) is 3.40. The highest BCUT2D eigenvalue weighted by atomic mass is 79.9. The second kappa shape index (κ2) is 5.00. The van der Waals surface area contributed by atoms with Gasteiger partial charge in [-0.1, -0.05) is 6.07 Å². The molecule has 1 unspecified atom stereocenters. The quantitative estimate of drug-likeness (QED) is 0.895. The number of rotatable bonds is 2. The summed E-state index contributed by atoms with van der Waals surface area (Å²) in [5.41, 5.74) is 2.14. The van der Waals surface area contributed by atoms with Crippen LogP contribution < -0.4 is 5.32 Å². The highest BCUT2D eigenvalue weighted by Gasteiger charge is 2.15. The van der Waals surface area contributed by atoms with Gasteiger partial charge in [-0.15, -0.1) is 0 Å². The van der Waals surface area contributed by atoms with Crippen LogP contribution in [0, 0.1) is 0 Å². The fraction of sp³-hybridized carbons (Fsp3) is 0.417. The summed E-state index contributed by atoms with van der Waals surface area (Å²) in [5.74, 6) is 3.48. The zero-order chi connectivity index (χ0) is 11.7. The Morgan fingerprint density at radius 3 is 3.18 bits per heavy atom. The van der Waals surface area contributed by atoms with E-state index in [0.29, 0.717) is 6.04 Å². The molecule has 0 saturated carbocycles. The van der Waals surface area contributed by atoms with E-state index in [-0.39, 0.29) is 0 Å². The molecule has 2 heterocycles. The van der Waals surface area contributed by atoms with Crippen LogP contribution in [-0.2, 0) is 6.42 Å². The molecule has 1 aromatic heterocycles. The minimum Gasteiger partial charge on any atom is -0.342 e. The van der Waals surface area contributed by atoms with Crippen molar-refractivity contribution in [3.8, 4) is 0 Å². The minimum atomic E-state index is 0.549. The first-order valence-electron chi connectivity index (χ1n) is 5.77. The predicted octanol–water partition coefficient (Wildman–Crippen LogP) is 2.57. The summed E-state index contributed by atoms with van der Waals surface area (Å²) >= 11 is 5.55. The molecule has 5 heteroatoms. The van der Waals surface area contributed by atoms with Gasteiger partial charge in [-0.2, -0.15) is 11.8 Å². The van der Waals surface area contributed by atoms with Gasteiger partial charge in [0.15, 0.2) is 0 Å². The lowest BCUT2D eigenvalue weighted by atomic mass is 10.2. The summed E-state index contributed by atoms with van der Waals surface area (Å²) in [6.07, 6.45) is 0.980. The number of nitrogens with one attached hydrogen (secondary N) is 2. The first kappa shape index (κ1) is 11.6. The van der Waals surface area contributed by atoms with E-state index in [9.17, 15) is 0 Å². The van der Waals surface area contributed by atoms with Gasteiger partial charge < -0.3 is 10.3 Å². The highest BCUT2D eigenvalue weighted by Crippen LogP contribution is 2.22. The van der Waals surface area contributed by atoms with E-state index < -0.39 is 0 Å². The lowest BCUT2D eigenvalue weighted by molar-refractivity contribution is 0.553. The lowest BCUT2D eigenvalue weighted by Gasteiger charge is -2.21. The van der Waals surface area contributed by atoms with Gasteiger partial charge in [-0.3, -0.25) is 0 Å². The Balaban J connectivity index is 1.83. The summed E-state index contributed by atoms with van der Waals surface area (Å²) in [6.45, 7) is 1.11. The average Bonchev–Trinajstić information content (AvgIpc) is 2.74. The van der Waals surface area contributed by atoms with Crippen molar-refractivity contribution in [3.63, 3.8) is 0 Å². The van der Waals surface area contributed by atoms with Crippen LogP contribution in [0.15, 0.2) is 22.7 Å². The van der Waals surface area contributed by atoms with Gasteiger partial charge >= 0.3 is 0 Å². The largest absolute Gasteiger partial charge is 0.342 e. The van der Waals surface area contributed by atoms with Crippen molar-refractivity contribution in [2.45, 2.75) is 12.5 Å². The molecule has 0 spiro atoms. The fourth-order valence-electron chi connectivity index (χ4n) is 2.13. The molecular weight excluding hydrogens is 298 g/mol. The maximum atomic E-state index is 4.65. The Bertz CT molecular complexity index is 519. The van der Waals surface area contributed by atoms with Crippen LogP contribution in [0.5, 0.6) is 0 Å². The van der Waals surface area contributed by atoms with Crippen LogP contribution in [0.2, 0.25) is 0 Å². The van der Waals surface area contributed by atoms with Gasteiger partial charge in [0, 0.05) is 35.0 Å². The van der Waals surface area contributed by atoms with E-state index in [2.05, 4.69) is 37.3 Å². The number of nitrogens with zero attached hydrogens (tertiary/aromatic N) is 1. The van der Waals surface area contributed by atoms with Crippen LogP contribution in [-0.4, -0.2) is 34.1 Å². The molecular formula is C12H14BrN3S. The molecule has 17 heavy (non-hydrogen) atoms. The number of benzene rings is 1. The molecule has 3 rings (SSSR count). The zero-order valence-corrected chi connectivity index (χ0v) is 11.8. The molecule has 2 aromatic rings. The number of para-hydroxylation sites is 1. The van der Waals surface area contributed by atoms with Gasteiger partial charge in [0.1, 0.15) is 11.3 Å². The van der Waals surface area contributed by atoms with Gasteiger partial charge in [0.25, 0.3) is 0 Å². The number of hydrogen-bond donors (Lipinski definition) is 2. The molecule has 1 aromatic carbocycles. The number of H-pyrrole nitrogens is 1. The van der Waals surface area contributed by atoms with Crippen molar-refractivity contribution in [1.29, 1.82) is 0 Å². The topological polar surface area (TPSA) is 40.7 Å². The first-order chi connectivity index (χ1) is 8.33. The van der Waals surface area contributed by atoms with Crippen LogP contribution in [0.1, 0.15) is 5.82 Å². The molecule has 0 aliphatic carbocycles. The Morgan fingerprint density at radius 2 is 2.41 bits per heavy atom. The van der Waals surface area contributed by atoms with E-state index >= 15 is 0 Å². The maximum Gasteiger partial charge on any atom is 0.108 e. The number of halogens is 1. The zero-order valence-electron chi connectivity index (χ0n) is 9.37. The molecule has 0 bridgehead atoms. The number of aromatic amines is 1. The monoisotopic (exact) mass is 311 g/mol. The smallest absolute Gasteiger partial charge is 0.108 e. The van der Waals surface area contributed by atoms with Crippen LogP contribution in [0.4, 0.5) is 0 Å². The average molecular weight is 312 g/mol.